The van der Waals surface area contributed by atoms with Crippen molar-refractivity contribution in [1.82, 2.24) is 15.5 Å². The SMILES string of the molecule is CN=C(NCc1cc(OC)c(OC)c(OC)c1)NC[C@H]1CCCN1CC(C)C.I. The van der Waals surface area contributed by atoms with E-state index in [9.17, 15) is 0 Å². The molecule has 166 valence electrons. The summed E-state index contributed by atoms with van der Waals surface area (Å²) in [6, 6.07) is 4.47. The Morgan fingerprint density at radius 2 is 1.79 bits per heavy atom. The molecule has 0 spiro atoms. The number of benzene rings is 1. The van der Waals surface area contributed by atoms with Crippen molar-refractivity contribution < 1.29 is 14.2 Å². The molecule has 1 aromatic carbocycles. The fraction of sp³-hybridized carbons (Fsp3) is 0.667. The van der Waals surface area contributed by atoms with Crippen LogP contribution in [0.1, 0.15) is 32.3 Å². The molecule has 1 aliphatic rings. The third-order valence-corrected chi connectivity index (χ3v) is 5.01. The van der Waals surface area contributed by atoms with E-state index in [1.807, 2.05) is 12.1 Å². The number of hydrogen-bond donors (Lipinski definition) is 2. The van der Waals surface area contributed by atoms with Gasteiger partial charge in [-0.1, -0.05) is 13.8 Å². The van der Waals surface area contributed by atoms with Crippen molar-refractivity contribution in [3.05, 3.63) is 17.7 Å². The smallest absolute Gasteiger partial charge is 0.203 e. The number of likely N-dealkylation sites (tertiary alicyclic amines) is 1. The molecule has 1 aromatic rings. The molecule has 7 nitrogen and oxygen atoms in total. The summed E-state index contributed by atoms with van der Waals surface area (Å²) in [7, 11) is 6.65. The standard InChI is InChI=1S/C21H36N4O3.HI/c1-15(2)14-25-9-7-8-17(25)13-24-21(22-3)23-12-16-10-18(26-4)20(28-6)19(11-16)27-5;/h10-11,15,17H,7-9,12-14H2,1-6H3,(H2,22,23,24);1H/t17-;/m1./s1. The van der Waals surface area contributed by atoms with Crippen LogP contribution < -0.4 is 24.8 Å². The first kappa shape index (κ1) is 25.6. The van der Waals surface area contributed by atoms with E-state index in [1.54, 1.807) is 28.4 Å². The van der Waals surface area contributed by atoms with Crippen LogP contribution in [0.3, 0.4) is 0 Å². The lowest BCUT2D eigenvalue weighted by Gasteiger charge is -2.27. The van der Waals surface area contributed by atoms with E-state index in [1.165, 1.54) is 19.4 Å². The zero-order valence-corrected chi connectivity index (χ0v) is 20.9. The van der Waals surface area contributed by atoms with Gasteiger partial charge in [-0.15, -0.1) is 24.0 Å². The zero-order valence-electron chi connectivity index (χ0n) is 18.6. The van der Waals surface area contributed by atoms with E-state index in [2.05, 4.69) is 34.4 Å². The molecular formula is C21H37IN4O3. The highest BCUT2D eigenvalue weighted by molar-refractivity contribution is 14.0. The van der Waals surface area contributed by atoms with Crippen molar-refractivity contribution in [2.24, 2.45) is 10.9 Å². The molecule has 2 rings (SSSR count). The Morgan fingerprint density at radius 3 is 2.31 bits per heavy atom. The van der Waals surface area contributed by atoms with Crippen LogP contribution in [0, 0.1) is 5.92 Å². The van der Waals surface area contributed by atoms with Crippen molar-refractivity contribution in [3.63, 3.8) is 0 Å². The third kappa shape index (κ3) is 7.40. The summed E-state index contributed by atoms with van der Waals surface area (Å²) in [6.07, 6.45) is 2.51. The minimum atomic E-state index is 0. The van der Waals surface area contributed by atoms with Crippen molar-refractivity contribution in [1.29, 1.82) is 0 Å². The number of hydrogen-bond acceptors (Lipinski definition) is 5. The number of halogens is 1. The first-order chi connectivity index (χ1) is 13.5. The van der Waals surface area contributed by atoms with Gasteiger partial charge in [-0.2, -0.15) is 0 Å². The van der Waals surface area contributed by atoms with Gasteiger partial charge in [0.1, 0.15) is 0 Å². The van der Waals surface area contributed by atoms with Crippen molar-refractivity contribution >= 4 is 29.9 Å². The van der Waals surface area contributed by atoms with Gasteiger partial charge in [0.2, 0.25) is 5.75 Å². The maximum Gasteiger partial charge on any atom is 0.203 e. The summed E-state index contributed by atoms with van der Waals surface area (Å²) < 4.78 is 16.2. The maximum atomic E-state index is 5.43. The van der Waals surface area contributed by atoms with E-state index in [0.29, 0.717) is 35.8 Å². The molecule has 8 heteroatoms. The van der Waals surface area contributed by atoms with Crippen LogP contribution in [0.2, 0.25) is 0 Å². The molecule has 0 aliphatic carbocycles. The van der Waals surface area contributed by atoms with Gasteiger partial charge in [0.05, 0.1) is 21.3 Å². The van der Waals surface area contributed by atoms with Crippen LogP contribution in [0.25, 0.3) is 0 Å². The molecule has 29 heavy (non-hydrogen) atoms. The van der Waals surface area contributed by atoms with Gasteiger partial charge in [0.15, 0.2) is 17.5 Å². The number of guanidine groups is 1. The Bertz CT molecular complexity index is 630. The molecule has 1 saturated heterocycles. The second-order valence-corrected chi connectivity index (χ2v) is 7.53. The number of nitrogens with zero attached hydrogens (tertiary/aromatic N) is 2. The molecule has 1 fully saturated rings. The second-order valence-electron chi connectivity index (χ2n) is 7.53. The van der Waals surface area contributed by atoms with Crippen LogP contribution in [-0.4, -0.2) is 64.9 Å². The Labute approximate surface area is 192 Å². The van der Waals surface area contributed by atoms with E-state index in [0.717, 1.165) is 24.6 Å². The number of aliphatic imine (C=N–C) groups is 1. The van der Waals surface area contributed by atoms with E-state index >= 15 is 0 Å². The van der Waals surface area contributed by atoms with Gasteiger partial charge in [-0.05, 0) is 43.0 Å². The number of ether oxygens (including phenoxy) is 3. The largest absolute Gasteiger partial charge is 0.493 e. The Hall–Kier alpha value is -1.42. The zero-order chi connectivity index (χ0) is 20.5. The van der Waals surface area contributed by atoms with Crippen LogP contribution in [0.15, 0.2) is 17.1 Å². The lowest BCUT2D eigenvalue weighted by Crippen LogP contribution is -2.45. The lowest BCUT2D eigenvalue weighted by atomic mass is 10.1. The van der Waals surface area contributed by atoms with Crippen LogP contribution in [0.5, 0.6) is 17.2 Å². The van der Waals surface area contributed by atoms with E-state index in [-0.39, 0.29) is 24.0 Å². The average molecular weight is 520 g/mol. The highest BCUT2D eigenvalue weighted by atomic mass is 127. The number of rotatable bonds is 9. The molecule has 1 atom stereocenters. The maximum absolute atomic E-state index is 5.43. The predicted octanol–water partition coefficient (Wildman–Crippen LogP) is 3.12. The Kier molecular flexibility index (Phi) is 11.5. The first-order valence-electron chi connectivity index (χ1n) is 9.99. The molecule has 0 bridgehead atoms. The van der Waals surface area contributed by atoms with Crippen molar-refractivity contribution in [2.75, 3.05) is 48.0 Å². The van der Waals surface area contributed by atoms with Gasteiger partial charge in [0, 0.05) is 32.7 Å². The summed E-state index contributed by atoms with van der Waals surface area (Å²) in [4.78, 5) is 6.95. The molecule has 0 saturated carbocycles. The molecule has 2 N–H and O–H groups in total. The molecule has 1 heterocycles. The summed E-state index contributed by atoms with van der Waals surface area (Å²) in [5, 5.41) is 6.85. The van der Waals surface area contributed by atoms with Gasteiger partial charge in [-0.25, -0.2) is 0 Å². The quantitative estimate of drug-likeness (QED) is 0.297. The first-order valence-corrected chi connectivity index (χ1v) is 9.99. The topological polar surface area (TPSA) is 67.4 Å². The fourth-order valence-corrected chi connectivity index (χ4v) is 3.69. The van der Waals surface area contributed by atoms with Crippen LogP contribution in [0.4, 0.5) is 0 Å². The molecule has 0 radical (unpaired) electrons. The highest BCUT2D eigenvalue weighted by Crippen LogP contribution is 2.38. The Balaban J connectivity index is 0.00000420. The monoisotopic (exact) mass is 520 g/mol. The van der Waals surface area contributed by atoms with E-state index in [4.69, 9.17) is 14.2 Å². The lowest BCUT2D eigenvalue weighted by molar-refractivity contribution is 0.226. The van der Waals surface area contributed by atoms with Crippen LogP contribution in [-0.2, 0) is 6.54 Å². The van der Waals surface area contributed by atoms with Gasteiger partial charge >= 0.3 is 0 Å². The van der Waals surface area contributed by atoms with Gasteiger partial charge in [0.25, 0.3) is 0 Å². The fourth-order valence-electron chi connectivity index (χ4n) is 3.69. The predicted molar refractivity (Wildman–Crippen MR) is 129 cm³/mol. The molecular weight excluding hydrogens is 483 g/mol. The molecule has 0 aromatic heterocycles. The Morgan fingerprint density at radius 1 is 1.14 bits per heavy atom. The minimum absolute atomic E-state index is 0. The molecule has 1 aliphatic heterocycles. The average Bonchev–Trinajstić information content (AvgIpc) is 3.13. The number of methoxy groups -OCH3 is 3. The minimum Gasteiger partial charge on any atom is -0.493 e. The normalized spacial score (nSPS) is 17.1. The molecule has 0 amide bonds. The second kappa shape index (κ2) is 13.0. The summed E-state index contributed by atoms with van der Waals surface area (Å²) in [5.41, 5.74) is 1.03. The summed E-state index contributed by atoms with van der Waals surface area (Å²) in [6.45, 7) is 8.42. The van der Waals surface area contributed by atoms with E-state index < -0.39 is 0 Å². The van der Waals surface area contributed by atoms with Crippen molar-refractivity contribution in [2.45, 2.75) is 39.3 Å². The third-order valence-electron chi connectivity index (χ3n) is 5.01. The van der Waals surface area contributed by atoms with Gasteiger partial charge in [-0.3, -0.25) is 9.89 Å². The summed E-state index contributed by atoms with van der Waals surface area (Å²) >= 11 is 0. The number of nitrogens with one attached hydrogen (secondary N) is 2. The molecule has 0 unspecified atom stereocenters. The van der Waals surface area contributed by atoms with Crippen LogP contribution >= 0.6 is 24.0 Å². The highest BCUT2D eigenvalue weighted by Gasteiger charge is 2.24. The van der Waals surface area contributed by atoms with Gasteiger partial charge < -0.3 is 24.8 Å². The summed E-state index contributed by atoms with van der Waals surface area (Å²) in [5.74, 6) is 3.39. The van der Waals surface area contributed by atoms with Crippen molar-refractivity contribution in [3.8, 4) is 17.2 Å².